The van der Waals surface area contributed by atoms with Crippen LogP contribution in [0.4, 0.5) is 0 Å². The Kier molecular flexibility index (Phi) is 7.70. The molecular formula is C31H36N2O4S. The lowest BCUT2D eigenvalue weighted by Crippen LogP contribution is -2.47. The van der Waals surface area contributed by atoms with Crippen molar-refractivity contribution in [1.82, 2.24) is 9.62 Å². The van der Waals surface area contributed by atoms with Crippen molar-refractivity contribution >= 4 is 16.0 Å². The van der Waals surface area contributed by atoms with E-state index in [1.54, 1.807) is 23.4 Å². The van der Waals surface area contributed by atoms with Gasteiger partial charge >= 0.3 is 5.97 Å². The van der Waals surface area contributed by atoms with Crippen LogP contribution in [-0.2, 0) is 19.6 Å². The predicted octanol–water partition coefficient (Wildman–Crippen LogP) is 5.38. The number of carbonyl (C=O) groups excluding carboxylic acids is 1. The molecule has 3 atom stereocenters. The fourth-order valence-corrected chi connectivity index (χ4v) is 8.13. The third kappa shape index (κ3) is 5.03. The van der Waals surface area contributed by atoms with E-state index in [4.69, 9.17) is 4.74 Å². The number of nitrogens with one attached hydrogen (secondary N) is 1. The van der Waals surface area contributed by atoms with E-state index >= 15 is 0 Å². The number of aryl methyl sites for hydroxylation is 1. The summed E-state index contributed by atoms with van der Waals surface area (Å²) >= 11 is 0. The molecule has 1 saturated heterocycles. The minimum atomic E-state index is -3.81. The summed E-state index contributed by atoms with van der Waals surface area (Å²) in [6.07, 6.45) is 4.42. The summed E-state index contributed by atoms with van der Waals surface area (Å²) in [7, 11) is -3.81. The van der Waals surface area contributed by atoms with Crippen LogP contribution >= 0.6 is 0 Å². The van der Waals surface area contributed by atoms with Gasteiger partial charge in [0, 0.05) is 0 Å². The smallest absolute Gasteiger partial charge is 0.324 e. The van der Waals surface area contributed by atoms with Crippen molar-refractivity contribution in [2.75, 3.05) is 6.61 Å². The minimum absolute atomic E-state index is 0.225. The predicted molar refractivity (Wildman–Crippen MR) is 148 cm³/mol. The minimum Gasteiger partial charge on any atom is -0.465 e. The molecule has 2 fully saturated rings. The molecule has 38 heavy (non-hydrogen) atoms. The van der Waals surface area contributed by atoms with Crippen LogP contribution in [0, 0.1) is 6.92 Å². The molecule has 0 amide bonds. The zero-order valence-electron chi connectivity index (χ0n) is 22.0. The maximum absolute atomic E-state index is 14.0. The molecule has 1 heterocycles. The van der Waals surface area contributed by atoms with E-state index in [1.165, 1.54) is 0 Å². The average molecular weight is 533 g/mol. The standard InChI is InChI=1S/C31H36N2O4S/c1-3-37-30(34)28(32-27(24-13-7-4-8-14-24)25-15-9-5-10-16-25)29-31(21-11-6-12-22-31)33(29)38(35,36)26-19-17-23(2)18-20-26/h4-5,7-10,13-20,27-29,32H,3,6,11-12,21-22H2,1-2H3/t28-,29+,33?/m1/s1. The van der Waals surface area contributed by atoms with Gasteiger partial charge in [0.2, 0.25) is 10.0 Å². The second-order valence-electron chi connectivity index (χ2n) is 10.4. The van der Waals surface area contributed by atoms with E-state index in [0.29, 0.717) is 0 Å². The molecule has 2 aliphatic rings. The number of hydrogen-bond donors (Lipinski definition) is 1. The fraction of sp³-hybridized carbons (Fsp3) is 0.387. The first kappa shape index (κ1) is 26.6. The first-order chi connectivity index (χ1) is 18.4. The Morgan fingerprint density at radius 2 is 1.47 bits per heavy atom. The third-order valence-electron chi connectivity index (χ3n) is 7.94. The summed E-state index contributed by atoms with van der Waals surface area (Å²) in [4.78, 5) is 13.9. The Balaban J connectivity index is 1.57. The maximum atomic E-state index is 14.0. The lowest BCUT2D eigenvalue weighted by atomic mass is 9.83. The molecule has 6 nitrogen and oxygen atoms in total. The summed E-state index contributed by atoms with van der Waals surface area (Å²) in [6.45, 7) is 3.95. The summed E-state index contributed by atoms with van der Waals surface area (Å²) < 4.78 is 35.3. The number of sulfonamides is 1. The molecule has 3 aromatic carbocycles. The largest absolute Gasteiger partial charge is 0.465 e. The number of esters is 1. The van der Waals surface area contributed by atoms with Gasteiger partial charge in [0.1, 0.15) is 6.04 Å². The molecule has 0 aromatic heterocycles. The Labute approximate surface area is 226 Å². The topological polar surface area (TPSA) is 75.5 Å². The third-order valence-corrected chi connectivity index (χ3v) is 9.92. The van der Waals surface area contributed by atoms with Crippen molar-refractivity contribution in [1.29, 1.82) is 0 Å². The van der Waals surface area contributed by atoms with Gasteiger partial charge in [-0.3, -0.25) is 10.1 Å². The first-order valence-electron chi connectivity index (χ1n) is 13.5. The molecule has 7 heteroatoms. The Morgan fingerprint density at radius 1 is 0.921 bits per heavy atom. The summed E-state index contributed by atoms with van der Waals surface area (Å²) in [5.74, 6) is -0.416. The van der Waals surface area contributed by atoms with Crippen molar-refractivity contribution in [3.63, 3.8) is 0 Å². The van der Waals surface area contributed by atoms with E-state index in [2.05, 4.69) is 5.32 Å². The molecule has 1 aliphatic heterocycles. The Hall–Kier alpha value is -3.00. The molecule has 0 radical (unpaired) electrons. The van der Waals surface area contributed by atoms with Crippen molar-refractivity contribution in [2.45, 2.75) is 74.5 Å². The normalized spacial score (nSPS) is 21.2. The van der Waals surface area contributed by atoms with Gasteiger partial charge in [0.05, 0.1) is 29.1 Å². The maximum Gasteiger partial charge on any atom is 0.324 e. The van der Waals surface area contributed by atoms with Crippen LogP contribution in [0.2, 0.25) is 0 Å². The highest BCUT2D eigenvalue weighted by molar-refractivity contribution is 7.89. The molecule has 1 spiro atoms. The molecular weight excluding hydrogens is 496 g/mol. The van der Waals surface area contributed by atoms with E-state index in [-0.39, 0.29) is 17.5 Å². The lowest BCUT2D eigenvalue weighted by Gasteiger charge is -2.27. The van der Waals surface area contributed by atoms with Crippen molar-refractivity contribution in [3.05, 3.63) is 102 Å². The van der Waals surface area contributed by atoms with Crippen molar-refractivity contribution < 1.29 is 17.9 Å². The fourth-order valence-electron chi connectivity index (χ4n) is 6.08. The number of benzene rings is 3. The number of hydrogen-bond acceptors (Lipinski definition) is 5. The van der Waals surface area contributed by atoms with Crippen LogP contribution in [-0.4, -0.2) is 42.9 Å². The monoisotopic (exact) mass is 532 g/mol. The highest BCUT2D eigenvalue weighted by Gasteiger charge is 2.71. The molecule has 1 unspecified atom stereocenters. The Bertz CT molecular complexity index is 1300. The van der Waals surface area contributed by atoms with Crippen LogP contribution in [0.3, 0.4) is 0 Å². The molecule has 0 bridgehead atoms. The average Bonchev–Trinajstić information content (AvgIpc) is 3.57. The van der Waals surface area contributed by atoms with Gasteiger partial charge in [-0.25, -0.2) is 8.42 Å². The van der Waals surface area contributed by atoms with E-state index in [0.717, 1.165) is 48.8 Å². The number of ether oxygens (including phenoxy) is 1. The number of rotatable bonds is 9. The van der Waals surface area contributed by atoms with Crippen molar-refractivity contribution in [2.24, 2.45) is 0 Å². The number of nitrogens with zero attached hydrogens (tertiary/aromatic N) is 1. The summed E-state index contributed by atoms with van der Waals surface area (Å²) in [5, 5.41) is 3.59. The van der Waals surface area contributed by atoms with E-state index < -0.39 is 33.6 Å². The van der Waals surface area contributed by atoms with Crippen LogP contribution in [0.25, 0.3) is 0 Å². The van der Waals surface area contributed by atoms with Gasteiger partial charge in [-0.15, -0.1) is 0 Å². The van der Waals surface area contributed by atoms with E-state index in [9.17, 15) is 13.2 Å². The lowest BCUT2D eigenvalue weighted by molar-refractivity contribution is -0.146. The van der Waals surface area contributed by atoms with Crippen LogP contribution in [0.15, 0.2) is 89.8 Å². The van der Waals surface area contributed by atoms with Crippen LogP contribution in [0.1, 0.15) is 61.8 Å². The summed E-state index contributed by atoms with van der Waals surface area (Å²) in [6, 6.07) is 25.2. The van der Waals surface area contributed by atoms with Gasteiger partial charge in [-0.05, 0) is 49.9 Å². The van der Waals surface area contributed by atoms with Crippen LogP contribution < -0.4 is 5.32 Å². The number of carbonyl (C=O) groups is 1. The molecule has 5 rings (SSSR count). The highest BCUT2D eigenvalue weighted by Crippen LogP contribution is 2.56. The molecule has 3 aromatic rings. The van der Waals surface area contributed by atoms with Gasteiger partial charge in [0.25, 0.3) is 0 Å². The SMILES string of the molecule is CCOC(=O)[C@H](NC(c1ccccc1)c1ccccc1)[C@@H]1N(S(=O)(=O)c2ccc(C)cc2)C12CCCCC2. The van der Waals surface area contributed by atoms with Gasteiger partial charge in [-0.1, -0.05) is 97.6 Å². The van der Waals surface area contributed by atoms with Gasteiger partial charge in [-0.2, -0.15) is 4.31 Å². The van der Waals surface area contributed by atoms with E-state index in [1.807, 2.05) is 79.7 Å². The molecule has 1 saturated carbocycles. The zero-order chi connectivity index (χ0) is 26.8. The molecule has 200 valence electrons. The second-order valence-corrected chi connectivity index (χ2v) is 12.2. The zero-order valence-corrected chi connectivity index (χ0v) is 22.9. The molecule has 1 aliphatic carbocycles. The molecule has 1 N–H and O–H groups in total. The highest BCUT2D eigenvalue weighted by atomic mass is 32.2. The summed E-state index contributed by atoms with van der Waals surface area (Å²) in [5.41, 5.74) is 2.40. The van der Waals surface area contributed by atoms with Gasteiger partial charge in [0.15, 0.2) is 0 Å². The first-order valence-corrected chi connectivity index (χ1v) is 15.0. The van der Waals surface area contributed by atoms with Crippen molar-refractivity contribution in [3.8, 4) is 0 Å². The quantitative estimate of drug-likeness (QED) is 0.296. The Morgan fingerprint density at radius 3 is 2.00 bits per heavy atom. The van der Waals surface area contributed by atoms with Gasteiger partial charge < -0.3 is 4.74 Å². The second kappa shape index (κ2) is 11.0. The van der Waals surface area contributed by atoms with Crippen LogP contribution in [0.5, 0.6) is 0 Å².